The van der Waals surface area contributed by atoms with Gasteiger partial charge in [-0.15, -0.1) is 11.3 Å². The Kier molecular flexibility index (Phi) is 4.56. The highest BCUT2D eigenvalue weighted by atomic mass is 32.1. The van der Waals surface area contributed by atoms with E-state index in [4.69, 9.17) is 4.42 Å². The molecule has 0 radical (unpaired) electrons. The minimum atomic E-state index is -0.939. The van der Waals surface area contributed by atoms with Crippen molar-refractivity contribution in [2.24, 2.45) is 0 Å². The van der Waals surface area contributed by atoms with Crippen LogP contribution in [0.3, 0.4) is 0 Å². The molecule has 1 N–H and O–H groups in total. The molecular weight excluding hydrogens is 365 g/mol. The minimum absolute atomic E-state index is 0.160. The zero-order chi connectivity index (χ0) is 18.8. The van der Waals surface area contributed by atoms with E-state index in [1.807, 2.05) is 24.3 Å². The van der Waals surface area contributed by atoms with Crippen LogP contribution in [0.25, 0.3) is 33.2 Å². The molecule has 0 saturated carbocycles. The molecule has 0 amide bonds. The van der Waals surface area contributed by atoms with Gasteiger partial charge < -0.3 is 9.52 Å². The van der Waals surface area contributed by atoms with Gasteiger partial charge in [-0.25, -0.2) is 9.37 Å². The number of thiazole rings is 1. The number of carboxylic acid groups (broad SMARTS) is 1. The van der Waals surface area contributed by atoms with E-state index in [1.54, 1.807) is 30.3 Å². The molecule has 4 nitrogen and oxygen atoms in total. The Balaban J connectivity index is 1.71. The summed E-state index contributed by atoms with van der Waals surface area (Å²) in [5, 5.41) is 9.93. The van der Waals surface area contributed by atoms with Crippen LogP contribution < -0.4 is 0 Å². The molecule has 0 fully saturated rings. The Morgan fingerprint density at radius 1 is 1.11 bits per heavy atom. The van der Waals surface area contributed by atoms with Crippen molar-refractivity contribution in [3.63, 3.8) is 0 Å². The van der Waals surface area contributed by atoms with Crippen LogP contribution >= 0.6 is 11.3 Å². The van der Waals surface area contributed by atoms with E-state index < -0.39 is 5.97 Å². The lowest BCUT2D eigenvalue weighted by atomic mass is 10.1. The number of benzene rings is 2. The number of para-hydroxylation sites is 1. The van der Waals surface area contributed by atoms with Gasteiger partial charge in [0.15, 0.2) is 0 Å². The summed E-state index contributed by atoms with van der Waals surface area (Å²) in [5.41, 5.74) is 2.15. The molecule has 4 aromatic rings. The Labute approximate surface area is 158 Å². The van der Waals surface area contributed by atoms with Crippen LogP contribution in [0.15, 0.2) is 65.1 Å². The standard InChI is InChI=1S/C21H14FNO3S/c22-15-7-5-13(6-8-15)18-10-9-16(26-18)11-14(12-20(24)25)21-23-17-3-1-2-4-19(17)27-21/h1-11H,12H2,(H,24,25)/b14-11-. The number of hydrogen-bond donors (Lipinski definition) is 1. The van der Waals surface area contributed by atoms with Crippen LogP contribution in [-0.4, -0.2) is 16.1 Å². The number of rotatable bonds is 5. The van der Waals surface area contributed by atoms with Gasteiger partial charge in [0, 0.05) is 11.1 Å². The second-order valence-corrected chi connectivity index (χ2v) is 6.97. The molecule has 2 heterocycles. The first kappa shape index (κ1) is 17.2. The van der Waals surface area contributed by atoms with Crippen molar-refractivity contribution in [1.29, 1.82) is 0 Å². The minimum Gasteiger partial charge on any atom is -0.481 e. The first-order valence-electron chi connectivity index (χ1n) is 8.22. The molecule has 0 atom stereocenters. The monoisotopic (exact) mass is 379 g/mol. The molecule has 0 aliphatic carbocycles. The number of aliphatic carboxylic acids is 1. The van der Waals surface area contributed by atoms with Crippen molar-refractivity contribution in [3.8, 4) is 11.3 Å². The van der Waals surface area contributed by atoms with Crippen molar-refractivity contribution in [2.75, 3.05) is 0 Å². The number of fused-ring (bicyclic) bond motifs is 1. The highest BCUT2D eigenvalue weighted by molar-refractivity contribution is 7.19. The fraction of sp³-hybridized carbons (Fsp3) is 0.0476. The van der Waals surface area contributed by atoms with Crippen molar-refractivity contribution in [3.05, 3.63) is 77.2 Å². The molecule has 0 aliphatic heterocycles. The van der Waals surface area contributed by atoms with Crippen LogP contribution in [0.5, 0.6) is 0 Å². The molecule has 134 valence electrons. The third-order valence-electron chi connectivity index (χ3n) is 3.98. The summed E-state index contributed by atoms with van der Waals surface area (Å²) in [5.74, 6) is -0.152. The van der Waals surface area contributed by atoms with Crippen LogP contribution in [0.2, 0.25) is 0 Å². The highest BCUT2D eigenvalue weighted by Crippen LogP contribution is 2.31. The Morgan fingerprint density at radius 3 is 2.63 bits per heavy atom. The molecule has 2 aromatic heterocycles. The summed E-state index contributed by atoms with van der Waals surface area (Å²) < 4.78 is 19.9. The number of nitrogens with zero attached hydrogens (tertiary/aromatic N) is 1. The summed E-state index contributed by atoms with van der Waals surface area (Å²) in [6.45, 7) is 0. The normalized spacial score (nSPS) is 11.8. The van der Waals surface area contributed by atoms with Crippen LogP contribution in [-0.2, 0) is 4.79 Å². The molecule has 0 saturated heterocycles. The fourth-order valence-electron chi connectivity index (χ4n) is 2.73. The number of hydrogen-bond acceptors (Lipinski definition) is 4. The number of carboxylic acids is 1. The largest absolute Gasteiger partial charge is 0.481 e. The van der Waals surface area contributed by atoms with E-state index in [-0.39, 0.29) is 12.2 Å². The molecule has 6 heteroatoms. The quantitative estimate of drug-likeness (QED) is 0.482. The maximum Gasteiger partial charge on any atom is 0.307 e. The Morgan fingerprint density at radius 2 is 1.89 bits per heavy atom. The van der Waals surface area contributed by atoms with Gasteiger partial charge in [-0.1, -0.05) is 12.1 Å². The van der Waals surface area contributed by atoms with E-state index in [9.17, 15) is 14.3 Å². The molecule has 2 aromatic carbocycles. The molecule has 0 bridgehead atoms. The molecule has 0 unspecified atom stereocenters. The maximum atomic E-state index is 13.1. The van der Waals surface area contributed by atoms with Crippen LogP contribution in [0.1, 0.15) is 17.2 Å². The first-order valence-corrected chi connectivity index (χ1v) is 9.04. The van der Waals surface area contributed by atoms with E-state index in [1.165, 1.54) is 23.5 Å². The number of halogens is 1. The van der Waals surface area contributed by atoms with Gasteiger partial charge in [0.1, 0.15) is 22.3 Å². The number of aromatic nitrogens is 1. The van der Waals surface area contributed by atoms with E-state index >= 15 is 0 Å². The lowest BCUT2D eigenvalue weighted by Gasteiger charge is -2.00. The van der Waals surface area contributed by atoms with Gasteiger partial charge in [-0.05, 0) is 54.6 Å². The Bertz CT molecular complexity index is 1110. The van der Waals surface area contributed by atoms with Crippen molar-refractivity contribution in [2.45, 2.75) is 6.42 Å². The lowest BCUT2D eigenvalue weighted by molar-refractivity contribution is -0.135. The first-order chi connectivity index (χ1) is 13.1. The molecule has 4 rings (SSSR count). The lowest BCUT2D eigenvalue weighted by Crippen LogP contribution is -1.96. The topological polar surface area (TPSA) is 63.3 Å². The smallest absolute Gasteiger partial charge is 0.307 e. The van der Waals surface area contributed by atoms with Gasteiger partial charge in [-0.3, -0.25) is 4.79 Å². The Hall–Kier alpha value is -3.25. The van der Waals surface area contributed by atoms with Crippen molar-refractivity contribution in [1.82, 2.24) is 4.98 Å². The molecule has 0 spiro atoms. The second-order valence-electron chi connectivity index (χ2n) is 5.94. The van der Waals surface area contributed by atoms with Gasteiger partial charge in [0.2, 0.25) is 0 Å². The van der Waals surface area contributed by atoms with Crippen molar-refractivity contribution < 1.29 is 18.7 Å². The van der Waals surface area contributed by atoms with E-state index in [0.29, 0.717) is 22.1 Å². The number of furan rings is 1. The predicted octanol–water partition coefficient (Wildman–Crippen LogP) is 5.71. The summed E-state index contributed by atoms with van der Waals surface area (Å²) in [6.07, 6.45) is 1.53. The highest BCUT2D eigenvalue weighted by Gasteiger charge is 2.14. The van der Waals surface area contributed by atoms with Gasteiger partial charge >= 0.3 is 5.97 Å². The van der Waals surface area contributed by atoms with Gasteiger partial charge in [-0.2, -0.15) is 0 Å². The summed E-state index contributed by atoms with van der Waals surface area (Å²) in [4.78, 5) is 15.9. The average Bonchev–Trinajstić information content (AvgIpc) is 3.28. The summed E-state index contributed by atoms with van der Waals surface area (Å²) >= 11 is 1.45. The molecule has 27 heavy (non-hydrogen) atoms. The third kappa shape index (κ3) is 3.80. The van der Waals surface area contributed by atoms with Gasteiger partial charge in [0.25, 0.3) is 0 Å². The second kappa shape index (κ2) is 7.17. The zero-order valence-electron chi connectivity index (χ0n) is 14.1. The number of carbonyl (C=O) groups is 1. The summed E-state index contributed by atoms with van der Waals surface area (Å²) in [6, 6.07) is 17.2. The maximum absolute atomic E-state index is 13.1. The van der Waals surface area contributed by atoms with Crippen LogP contribution in [0.4, 0.5) is 4.39 Å². The fourth-order valence-corrected chi connectivity index (χ4v) is 3.71. The predicted molar refractivity (Wildman–Crippen MR) is 104 cm³/mol. The zero-order valence-corrected chi connectivity index (χ0v) is 14.9. The van der Waals surface area contributed by atoms with Crippen molar-refractivity contribution >= 4 is 39.2 Å². The molecular formula is C21H14FNO3S. The van der Waals surface area contributed by atoms with Crippen LogP contribution in [0, 0.1) is 5.82 Å². The van der Waals surface area contributed by atoms with Gasteiger partial charge in [0.05, 0.1) is 16.6 Å². The third-order valence-corrected chi connectivity index (χ3v) is 5.09. The average molecular weight is 379 g/mol. The van der Waals surface area contributed by atoms with E-state index in [2.05, 4.69) is 4.98 Å². The SMILES string of the molecule is O=C(O)C/C(=C/c1ccc(-c2ccc(F)cc2)o1)c1nc2ccccc2s1. The van der Waals surface area contributed by atoms with E-state index in [0.717, 1.165) is 15.8 Å². The summed E-state index contributed by atoms with van der Waals surface area (Å²) in [7, 11) is 0. The molecule has 0 aliphatic rings.